The van der Waals surface area contributed by atoms with Crippen molar-refractivity contribution < 1.29 is 5.11 Å². The van der Waals surface area contributed by atoms with E-state index >= 15 is 0 Å². The Balaban J connectivity index is 2.57. The monoisotopic (exact) mass is 235 g/mol. The molecule has 0 aliphatic carbocycles. The Kier molecular flexibility index (Phi) is 5.16. The van der Waals surface area contributed by atoms with Crippen LogP contribution in [0.5, 0.6) is 0 Å². The van der Waals surface area contributed by atoms with E-state index in [1.54, 1.807) is 0 Å². The van der Waals surface area contributed by atoms with Gasteiger partial charge in [0.15, 0.2) is 0 Å². The van der Waals surface area contributed by atoms with E-state index in [0.717, 1.165) is 12.8 Å². The molecule has 0 heterocycles. The third kappa shape index (κ3) is 4.49. The summed E-state index contributed by atoms with van der Waals surface area (Å²) in [6.45, 7) is 6.89. The van der Waals surface area contributed by atoms with Crippen molar-refractivity contribution in [3.05, 3.63) is 35.4 Å². The zero-order valence-electron chi connectivity index (χ0n) is 11.5. The summed E-state index contributed by atoms with van der Waals surface area (Å²) in [5.74, 6) is 0. The molecule has 0 amide bonds. The second kappa shape index (κ2) is 6.18. The van der Waals surface area contributed by atoms with Crippen LogP contribution in [0.25, 0.3) is 0 Å². The zero-order valence-corrected chi connectivity index (χ0v) is 11.5. The van der Waals surface area contributed by atoms with E-state index in [4.69, 9.17) is 5.11 Å². The smallest absolute Gasteiger partial charge is 0.0584 e. The topological polar surface area (TPSA) is 32.3 Å². The average molecular weight is 235 g/mol. The molecule has 0 aliphatic rings. The predicted molar refractivity (Wildman–Crippen MR) is 73.4 cm³/mol. The summed E-state index contributed by atoms with van der Waals surface area (Å²) in [6.07, 6.45) is 1.98. The van der Waals surface area contributed by atoms with E-state index in [1.165, 1.54) is 11.1 Å². The molecule has 1 unspecified atom stereocenters. The fourth-order valence-corrected chi connectivity index (χ4v) is 1.84. The van der Waals surface area contributed by atoms with Crippen LogP contribution in [0.15, 0.2) is 24.3 Å². The number of nitrogens with one attached hydrogen (secondary N) is 1. The van der Waals surface area contributed by atoms with Gasteiger partial charge in [0.25, 0.3) is 0 Å². The Morgan fingerprint density at radius 3 is 2.18 bits per heavy atom. The second-order valence-corrected chi connectivity index (χ2v) is 5.65. The van der Waals surface area contributed by atoms with Crippen molar-refractivity contribution >= 4 is 0 Å². The van der Waals surface area contributed by atoms with Gasteiger partial charge in [-0.05, 0) is 36.4 Å². The fourth-order valence-electron chi connectivity index (χ4n) is 1.84. The summed E-state index contributed by atoms with van der Waals surface area (Å²) in [6, 6.07) is 9.03. The van der Waals surface area contributed by atoms with Crippen LogP contribution in [-0.2, 0) is 11.8 Å². The number of aliphatic hydroxyl groups is 1. The number of aryl methyl sites for hydroxylation is 1. The van der Waals surface area contributed by atoms with Crippen LogP contribution in [0, 0.1) is 0 Å². The van der Waals surface area contributed by atoms with E-state index < -0.39 is 0 Å². The van der Waals surface area contributed by atoms with Crippen LogP contribution in [-0.4, -0.2) is 24.8 Å². The lowest BCUT2D eigenvalue weighted by atomic mass is 9.86. The molecule has 0 fully saturated rings. The molecule has 2 nitrogen and oxygen atoms in total. The SMILES string of the molecule is CNC(CO)CCc1ccc(C(C)(C)C)cc1. The molecule has 17 heavy (non-hydrogen) atoms. The predicted octanol–water partition coefficient (Wildman–Crippen LogP) is 2.50. The van der Waals surface area contributed by atoms with Crippen LogP contribution < -0.4 is 5.32 Å². The summed E-state index contributed by atoms with van der Waals surface area (Å²) < 4.78 is 0. The Morgan fingerprint density at radius 2 is 1.76 bits per heavy atom. The summed E-state index contributed by atoms with van der Waals surface area (Å²) in [4.78, 5) is 0. The Morgan fingerprint density at radius 1 is 1.18 bits per heavy atom. The number of hydrogen-bond acceptors (Lipinski definition) is 2. The molecule has 2 N–H and O–H groups in total. The van der Waals surface area contributed by atoms with Gasteiger partial charge in [-0.3, -0.25) is 0 Å². The minimum atomic E-state index is 0.205. The maximum absolute atomic E-state index is 9.09. The van der Waals surface area contributed by atoms with Crippen LogP contribution in [0.3, 0.4) is 0 Å². The highest BCUT2D eigenvalue weighted by Crippen LogP contribution is 2.22. The van der Waals surface area contributed by atoms with Gasteiger partial charge in [0.2, 0.25) is 0 Å². The summed E-state index contributed by atoms with van der Waals surface area (Å²) >= 11 is 0. The highest BCUT2D eigenvalue weighted by molar-refractivity contribution is 5.27. The quantitative estimate of drug-likeness (QED) is 0.822. The summed E-state index contributed by atoms with van der Waals surface area (Å²) in [5, 5.41) is 12.2. The van der Waals surface area contributed by atoms with Gasteiger partial charge < -0.3 is 10.4 Å². The molecule has 0 saturated heterocycles. The van der Waals surface area contributed by atoms with Gasteiger partial charge in [0.1, 0.15) is 0 Å². The van der Waals surface area contributed by atoms with E-state index in [2.05, 4.69) is 50.4 Å². The van der Waals surface area contributed by atoms with E-state index in [0.29, 0.717) is 0 Å². The van der Waals surface area contributed by atoms with Gasteiger partial charge >= 0.3 is 0 Å². The first-order valence-electron chi connectivity index (χ1n) is 6.35. The van der Waals surface area contributed by atoms with Crippen molar-refractivity contribution in [1.29, 1.82) is 0 Å². The van der Waals surface area contributed by atoms with E-state index in [-0.39, 0.29) is 18.1 Å². The van der Waals surface area contributed by atoms with Gasteiger partial charge in [-0.2, -0.15) is 0 Å². The van der Waals surface area contributed by atoms with Crippen LogP contribution in [0.1, 0.15) is 38.3 Å². The van der Waals surface area contributed by atoms with Gasteiger partial charge in [0, 0.05) is 6.04 Å². The molecule has 0 spiro atoms. The molecule has 1 atom stereocenters. The number of hydrogen-bond donors (Lipinski definition) is 2. The van der Waals surface area contributed by atoms with Gasteiger partial charge in [-0.25, -0.2) is 0 Å². The van der Waals surface area contributed by atoms with Crippen molar-refractivity contribution in [2.75, 3.05) is 13.7 Å². The van der Waals surface area contributed by atoms with Crippen molar-refractivity contribution in [2.24, 2.45) is 0 Å². The Labute approximate surface area is 105 Å². The average Bonchev–Trinajstić information content (AvgIpc) is 2.30. The largest absolute Gasteiger partial charge is 0.395 e. The number of benzene rings is 1. The molecule has 1 aromatic rings. The first kappa shape index (κ1) is 14.2. The molecule has 0 aromatic heterocycles. The molecule has 2 heteroatoms. The minimum Gasteiger partial charge on any atom is -0.395 e. The summed E-state index contributed by atoms with van der Waals surface area (Å²) in [5.41, 5.74) is 2.93. The molecule has 1 rings (SSSR count). The van der Waals surface area contributed by atoms with E-state index in [9.17, 15) is 0 Å². The zero-order chi connectivity index (χ0) is 12.9. The maximum Gasteiger partial charge on any atom is 0.0584 e. The number of rotatable bonds is 5. The van der Waals surface area contributed by atoms with Gasteiger partial charge in [0.05, 0.1) is 6.61 Å². The number of likely N-dealkylation sites (N-methyl/N-ethyl adjacent to an activating group) is 1. The molecule has 0 aliphatic heterocycles. The molecular formula is C15H25NO. The fraction of sp³-hybridized carbons (Fsp3) is 0.600. The lowest BCUT2D eigenvalue weighted by Crippen LogP contribution is -2.29. The molecule has 0 bridgehead atoms. The molecule has 0 radical (unpaired) electrons. The van der Waals surface area contributed by atoms with Crippen LogP contribution in [0.4, 0.5) is 0 Å². The van der Waals surface area contributed by atoms with Crippen molar-refractivity contribution in [3.63, 3.8) is 0 Å². The van der Waals surface area contributed by atoms with Gasteiger partial charge in [-0.1, -0.05) is 45.0 Å². The highest BCUT2D eigenvalue weighted by Gasteiger charge is 2.12. The highest BCUT2D eigenvalue weighted by atomic mass is 16.3. The van der Waals surface area contributed by atoms with Crippen molar-refractivity contribution in [1.82, 2.24) is 5.32 Å². The molecule has 0 saturated carbocycles. The van der Waals surface area contributed by atoms with E-state index in [1.807, 2.05) is 7.05 Å². The first-order chi connectivity index (χ1) is 7.97. The lowest BCUT2D eigenvalue weighted by Gasteiger charge is -2.19. The molecular weight excluding hydrogens is 210 g/mol. The van der Waals surface area contributed by atoms with Crippen LogP contribution >= 0.6 is 0 Å². The number of aliphatic hydroxyl groups excluding tert-OH is 1. The molecule has 1 aromatic carbocycles. The van der Waals surface area contributed by atoms with Crippen LogP contribution in [0.2, 0.25) is 0 Å². The summed E-state index contributed by atoms with van der Waals surface area (Å²) in [7, 11) is 1.89. The normalized spacial score (nSPS) is 13.7. The third-order valence-corrected chi connectivity index (χ3v) is 3.23. The van der Waals surface area contributed by atoms with Crippen molar-refractivity contribution in [2.45, 2.75) is 45.1 Å². The molecule has 96 valence electrons. The first-order valence-corrected chi connectivity index (χ1v) is 6.35. The maximum atomic E-state index is 9.09. The Bertz CT molecular complexity index is 320. The standard InChI is InChI=1S/C15H25NO/c1-15(2,3)13-8-5-12(6-9-13)7-10-14(11-17)16-4/h5-6,8-9,14,16-17H,7,10-11H2,1-4H3. The lowest BCUT2D eigenvalue weighted by molar-refractivity contribution is 0.242. The second-order valence-electron chi connectivity index (χ2n) is 5.65. The minimum absolute atomic E-state index is 0.205. The Hall–Kier alpha value is -0.860. The third-order valence-electron chi connectivity index (χ3n) is 3.23. The van der Waals surface area contributed by atoms with Crippen molar-refractivity contribution in [3.8, 4) is 0 Å². The van der Waals surface area contributed by atoms with Gasteiger partial charge in [-0.15, -0.1) is 0 Å².